The van der Waals surface area contributed by atoms with Crippen LogP contribution in [-0.4, -0.2) is 19.2 Å². The van der Waals surface area contributed by atoms with Crippen LogP contribution in [-0.2, 0) is 10.0 Å². The average molecular weight is 262 g/mol. The van der Waals surface area contributed by atoms with Gasteiger partial charge in [-0.2, -0.15) is 0 Å². The summed E-state index contributed by atoms with van der Waals surface area (Å²) in [5, 5.41) is 2.70. The molecule has 0 saturated carbocycles. The molecule has 6 heteroatoms. The molecule has 1 aromatic heterocycles. The van der Waals surface area contributed by atoms with Crippen LogP contribution in [0.4, 0.5) is 0 Å². The summed E-state index contributed by atoms with van der Waals surface area (Å²) in [7, 11) is -3.16. The van der Waals surface area contributed by atoms with Crippen LogP contribution in [0, 0.1) is 0 Å². The predicted molar refractivity (Wildman–Crippen MR) is 67.0 cm³/mol. The number of hydrogen-bond donors (Lipinski definition) is 1. The molecule has 0 aromatic carbocycles. The molecule has 0 amide bonds. The molecule has 0 radical (unpaired) electrons. The van der Waals surface area contributed by atoms with Crippen LogP contribution in [0.2, 0.25) is 0 Å². The minimum atomic E-state index is -3.16. The molecule has 0 spiro atoms. The lowest BCUT2D eigenvalue weighted by Crippen LogP contribution is -2.30. The molecule has 16 heavy (non-hydrogen) atoms. The van der Waals surface area contributed by atoms with Gasteiger partial charge in [-0.1, -0.05) is 20.3 Å². The average Bonchev–Trinajstić information content (AvgIpc) is 2.76. The lowest BCUT2D eigenvalue weighted by molar-refractivity contribution is 0.546. The normalized spacial score (nSPS) is 13.9. The van der Waals surface area contributed by atoms with E-state index in [4.69, 9.17) is 0 Å². The SMILES string of the molecule is CCCCS(=O)(=O)N[C@@H](CC)c1nccs1. The maximum atomic E-state index is 11.7. The van der Waals surface area contributed by atoms with Gasteiger partial charge in [0.25, 0.3) is 0 Å². The molecule has 1 aromatic rings. The Hall–Kier alpha value is -0.460. The second kappa shape index (κ2) is 6.32. The van der Waals surface area contributed by atoms with Crippen molar-refractivity contribution in [1.82, 2.24) is 9.71 Å². The van der Waals surface area contributed by atoms with Gasteiger partial charge in [0.15, 0.2) is 0 Å². The van der Waals surface area contributed by atoms with E-state index in [1.54, 1.807) is 6.20 Å². The Morgan fingerprint density at radius 2 is 2.25 bits per heavy atom. The first-order valence-corrected chi connectivity index (χ1v) is 8.01. The van der Waals surface area contributed by atoms with Crippen LogP contribution < -0.4 is 4.72 Å². The highest BCUT2D eigenvalue weighted by Gasteiger charge is 2.19. The fourth-order valence-corrected chi connectivity index (χ4v) is 3.67. The van der Waals surface area contributed by atoms with Crippen molar-refractivity contribution < 1.29 is 8.42 Å². The van der Waals surface area contributed by atoms with Crippen molar-refractivity contribution in [2.75, 3.05) is 5.75 Å². The number of aromatic nitrogens is 1. The number of nitrogens with zero attached hydrogens (tertiary/aromatic N) is 1. The third-order valence-corrected chi connectivity index (χ3v) is 4.61. The summed E-state index contributed by atoms with van der Waals surface area (Å²) in [6.45, 7) is 3.93. The number of nitrogens with one attached hydrogen (secondary N) is 1. The fourth-order valence-electron chi connectivity index (χ4n) is 1.32. The summed E-state index contributed by atoms with van der Waals surface area (Å²) < 4.78 is 26.1. The Labute approximate surface area is 101 Å². The summed E-state index contributed by atoms with van der Waals surface area (Å²) in [6, 6.07) is -0.179. The first-order chi connectivity index (χ1) is 7.59. The fraction of sp³-hybridized carbons (Fsp3) is 0.700. The standard InChI is InChI=1S/C10H18N2O2S2/c1-3-5-8-16(13,14)12-9(4-2)10-11-6-7-15-10/h6-7,9,12H,3-5,8H2,1-2H3/t9-/m0/s1. The van der Waals surface area contributed by atoms with Crippen molar-refractivity contribution in [2.24, 2.45) is 0 Å². The maximum Gasteiger partial charge on any atom is 0.212 e. The molecule has 0 aliphatic heterocycles. The van der Waals surface area contributed by atoms with Crippen molar-refractivity contribution in [1.29, 1.82) is 0 Å². The largest absolute Gasteiger partial charge is 0.248 e. The van der Waals surface area contributed by atoms with Gasteiger partial charge in [0, 0.05) is 11.6 Å². The van der Waals surface area contributed by atoms with Crippen molar-refractivity contribution in [3.8, 4) is 0 Å². The Morgan fingerprint density at radius 1 is 1.50 bits per heavy atom. The Bertz CT molecular complexity index is 387. The van der Waals surface area contributed by atoms with E-state index >= 15 is 0 Å². The molecule has 92 valence electrons. The van der Waals surface area contributed by atoms with Crippen LogP contribution in [0.15, 0.2) is 11.6 Å². The Morgan fingerprint density at radius 3 is 2.75 bits per heavy atom. The van der Waals surface area contributed by atoms with Crippen molar-refractivity contribution in [2.45, 2.75) is 39.2 Å². The van der Waals surface area contributed by atoms with E-state index in [1.807, 2.05) is 19.2 Å². The van der Waals surface area contributed by atoms with Crippen molar-refractivity contribution in [3.63, 3.8) is 0 Å². The number of unbranched alkanes of at least 4 members (excludes halogenated alkanes) is 1. The van der Waals surface area contributed by atoms with Gasteiger partial charge in [-0.15, -0.1) is 11.3 Å². The summed E-state index contributed by atoms with van der Waals surface area (Å²) in [4.78, 5) is 4.14. The van der Waals surface area contributed by atoms with Gasteiger partial charge < -0.3 is 0 Å². The highest BCUT2D eigenvalue weighted by atomic mass is 32.2. The van der Waals surface area contributed by atoms with E-state index in [0.29, 0.717) is 6.42 Å². The maximum absolute atomic E-state index is 11.7. The Kier molecular flexibility index (Phi) is 5.37. The second-order valence-electron chi connectivity index (χ2n) is 3.62. The number of thiazole rings is 1. The van der Waals surface area contributed by atoms with Crippen LogP contribution >= 0.6 is 11.3 Å². The quantitative estimate of drug-likeness (QED) is 0.820. The second-order valence-corrected chi connectivity index (χ2v) is 6.42. The number of hydrogen-bond acceptors (Lipinski definition) is 4. The molecule has 0 bridgehead atoms. The van der Waals surface area contributed by atoms with E-state index in [9.17, 15) is 8.42 Å². The highest BCUT2D eigenvalue weighted by molar-refractivity contribution is 7.89. The summed E-state index contributed by atoms with van der Waals surface area (Å²) >= 11 is 1.48. The Balaban J connectivity index is 2.63. The van der Waals surface area contributed by atoms with Crippen molar-refractivity contribution in [3.05, 3.63) is 16.6 Å². The third kappa shape index (κ3) is 4.19. The van der Waals surface area contributed by atoms with Crippen LogP contribution in [0.3, 0.4) is 0 Å². The molecular weight excluding hydrogens is 244 g/mol. The smallest absolute Gasteiger partial charge is 0.212 e. The van der Waals surface area contributed by atoms with Crippen LogP contribution in [0.1, 0.15) is 44.2 Å². The number of rotatable bonds is 7. The third-order valence-electron chi connectivity index (χ3n) is 2.25. The molecule has 0 unspecified atom stereocenters. The molecule has 0 aliphatic rings. The van der Waals surface area contributed by atoms with Gasteiger partial charge in [-0.05, 0) is 12.8 Å². The highest BCUT2D eigenvalue weighted by Crippen LogP contribution is 2.19. The summed E-state index contributed by atoms with van der Waals surface area (Å²) in [6.07, 6.45) is 4.00. The molecule has 1 atom stereocenters. The van der Waals surface area contributed by atoms with Gasteiger partial charge in [-0.3, -0.25) is 0 Å². The van der Waals surface area contributed by atoms with E-state index < -0.39 is 10.0 Å². The molecule has 4 nitrogen and oxygen atoms in total. The van der Waals surface area contributed by atoms with Crippen LogP contribution in [0.25, 0.3) is 0 Å². The zero-order valence-electron chi connectivity index (χ0n) is 9.64. The number of sulfonamides is 1. The van der Waals surface area contributed by atoms with E-state index in [1.165, 1.54) is 11.3 Å². The van der Waals surface area contributed by atoms with E-state index in [0.717, 1.165) is 17.8 Å². The molecule has 1 N–H and O–H groups in total. The predicted octanol–water partition coefficient (Wildman–Crippen LogP) is 2.31. The molecular formula is C10H18N2O2S2. The van der Waals surface area contributed by atoms with E-state index in [2.05, 4.69) is 9.71 Å². The van der Waals surface area contributed by atoms with Crippen molar-refractivity contribution >= 4 is 21.4 Å². The zero-order valence-corrected chi connectivity index (χ0v) is 11.3. The summed E-state index contributed by atoms with van der Waals surface area (Å²) in [5.74, 6) is 0.200. The monoisotopic (exact) mass is 262 g/mol. The van der Waals surface area contributed by atoms with Gasteiger partial charge in [-0.25, -0.2) is 18.1 Å². The van der Waals surface area contributed by atoms with Gasteiger partial charge in [0.05, 0.1) is 11.8 Å². The molecule has 1 heterocycles. The van der Waals surface area contributed by atoms with Gasteiger partial charge >= 0.3 is 0 Å². The lowest BCUT2D eigenvalue weighted by Gasteiger charge is -2.14. The first kappa shape index (κ1) is 13.6. The van der Waals surface area contributed by atoms with Gasteiger partial charge in [0.2, 0.25) is 10.0 Å². The molecule has 1 rings (SSSR count). The van der Waals surface area contributed by atoms with Gasteiger partial charge in [0.1, 0.15) is 5.01 Å². The molecule has 0 fully saturated rings. The summed E-state index contributed by atoms with van der Waals surface area (Å²) in [5.41, 5.74) is 0. The zero-order chi connectivity index (χ0) is 12.0. The van der Waals surface area contributed by atoms with Crippen LogP contribution in [0.5, 0.6) is 0 Å². The minimum Gasteiger partial charge on any atom is -0.248 e. The first-order valence-electron chi connectivity index (χ1n) is 5.48. The molecule has 0 aliphatic carbocycles. The lowest BCUT2D eigenvalue weighted by atomic mass is 10.3. The minimum absolute atomic E-state index is 0.179. The van der Waals surface area contributed by atoms with E-state index in [-0.39, 0.29) is 11.8 Å². The topological polar surface area (TPSA) is 59.1 Å². The molecule has 0 saturated heterocycles.